The topological polar surface area (TPSA) is 23.6 Å². The first kappa shape index (κ1) is 19.6. The first-order valence-electron chi connectivity index (χ1n) is 10.8. The van der Waals surface area contributed by atoms with Gasteiger partial charge in [-0.05, 0) is 71.6 Å². The van der Waals surface area contributed by atoms with Crippen LogP contribution < -0.4 is 0 Å². The third-order valence-corrected chi connectivity index (χ3v) is 6.42. The Morgan fingerprint density at radius 2 is 1.77 bits per heavy atom. The van der Waals surface area contributed by atoms with E-state index in [4.69, 9.17) is 0 Å². The molecule has 1 aromatic carbocycles. The normalized spacial score (nSPS) is 23.2. The van der Waals surface area contributed by atoms with Gasteiger partial charge in [-0.2, -0.15) is 0 Å². The number of benzene rings is 1. The minimum Gasteiger partial charge on any atom is -0.303 e. The molecular formula is C23H36N2O. The maximum atomic E-state index is 12.3. The summed E-state index contributed by atoms with van der Waals surface area (Å²) in [7, 11) is 0. The molecule has 1 unspecified atom stereocenters. The van der Waals surface area contributed by atoms with Gasteiger partial charge >= 0.3 is 0 Å². The summed E-state index contributed by atoms with van der Waals surface area (Å²) in [6.07, 6.45) is 9.79. The lowest BCUT2D eigenvalue weighted by molar-refractivity contribution is 0.0483. The molecule has 3 heteroatoms. The molecule has 0 bridgehead atoms. The summed E-state index contributed by atoms with van der Waals surface area (Å²) >= 11 is 0. The van der Waals surface area contributed by atoms with E-state index in [-0.39, 0.29) is 0 Å². The molecular weight excluding hydrogens is 320 g/mol. The molecule has 2 aliphatic rings. The summed E-state index contributed by atoms with van der Waals surface area (Å²) in [5.74, 6) is 0.291. The lowest BCUT2D eigenvalue weighted by Gasteiger charge is -2.44. The fourth-order valence-corrected chi connectivity index (χ4v) is 4.76. The average molecular weight is 357 g/mol. The van der Waals surface area contributed by atoms with Crippen molar-refractivity contribution in [2.45, 2.75) is 77.3 Å². The summed E-state index contributed by atoms with van der Waals surface area (Å²) in [4.78, 5) is 17.7. The fourth-order valence-electron chi connectivity index (χ4n) is 4.76. The number of aryl methyl sites for hydroxylation is 1. The quantitative estimate of drug-likeness (QED) is 0.662. The maximum Gasteiger partial charge on any atom is 0.162 e. The largest absolute Gasteiger partial charge is 0.303 e. The third-order valence-electron chi connectivity index (χ3n) is 6.42. The van der Waals surface area contributed by atoms with Crippen LogP contribution >= 0.6 is 0 Å². The van der Waals surface area contributed by atoms with Crippen LogP contribution in [0.4, 0.5) is 0 Å². The molecule has 26 heavy (non-hydrogen) atoms. The van der Waals surface area contributed by atoms with Gasteiger partial charge in [-0.25, -0.2) is 0 Å². The van der Waals surface area contributed by atoms with E-state index in [1.54, 1.807) is 0 Å². The molecule has 1 atom stereocenters. The highest BCUT2D eigenvalue weighted by atomic mass is 16.1. The number of nitrogens with zero attached hydrogens (tertiary/aromatic N) is 2. The van der Waals surface area contributed by atoms with Gasteiger partial charge in [0.2, 0.25) is 0 Å². The van der Waals surface area contributed by atoms with Crippen molar-refractivity contribution < 1.29 is 4.79 Å². The van der Waals surface area contributed by atoms with E-state index >= 15 is 0 Å². The number of Topliss-reactive ketones (excluding diaryl/α,β-unsaturated/α-hetero) is 1. The van der Waals surface area contributed by atoms with Gasteiger partial charge in [0.25, 0.3) is 0 Å². The molecule has 3 rings (SSSR count). The molecule has 0 N–H and O–H groups in total. The Bertz CT molecular complexity index is 560. The van der Waals surface area contributed by atoms with Gasteiger partial charge in [0.15, 0.2) is 5.78 Å². The van der Waals surface area contributed by atoms with Crippen molar-refractivity contribution >= 4 is 5.78 Å². The van der Waals surface area contributed by atoms with E-state index in [0.717, 1.165) is 30.6 Å². The number of rotatable bonds is 7. The highest BCUT2D eigenvalue weighted by Gasteiger charge is 2.30. The van der Waals surface area contributed by atoms with Crippen LogP contribution in [0.2, 0.25) is 0 Å². The second-order valence-electron chi connectivity index (χ2n) is 8.26. The molecule has 0 saturated carbocycles. The van der Waals surface area contributed by atoms with Crippen molar-refractivity contribution in [3.63, 3.8) is 0 Å². The average Bonchev–Trinajstić information content (AvgIpc) is 2.69. The highest BCUT2D eigenvalue weighted by molar-refractivity contribution is 5.96. The summed E-state index contributed by atoms with van der Waals surface area (Å²) in [6.45, 7) is 9.20. The van der Waals surface area contributed by atoms with Crippen molar-refractivity contribution in [1.29, 1.82) is 0 Å². The van der Waals surface area contributed by atoms with Crippen LogP contribution in [0.3, 0.4) is 0 Å². The standard InChI is InChI=1S/C23H36N2O/c1-3-21-7-4-5-16-25(21)22-13-17-24(18-14-22)15-6-8-23(26)20-11-9-19(2)10-12-20/h9-12,21-22H,3-8,13-18H2,1-2H3. The van der Waals surface area contributed by atoms with E-state index in [1.165, 1.54) is 63.7 Å². The van der Waals surface area contributed by atoms with E-state index in [9.17, 15) is 4.79 Å². The monoisotopic (exact) mass is 356 g/mol. The molecule has 0 radical (unpaired) electrons. The predicted molar refractivity (Wildman–Crippen MR) is 109 cm³/mol. The van der Waals surface area contributed by atoms with Crippen molar-refractivity contribution in [3.05, 3.63) is 35.4 Å². The molecule has 0 amide bonds. The number of ketones is 1. The van der Waals surface area contributed by atoms with Crippen LogP contribution in [-0.4, -0.2) is 53.8 Å². The maximum absolute atomic E-state index is 12.3. The number of carbonyl (C=O) groups excluding carboxylic acids is 1. The molecule has 3 nitrogen and oxygen atoms in total. The summed E-state index contributed by atoms with van der Waals surface area (Å²) in [6, 6.07) is 9.61. The summed E-state index contributed by atoms with van der Waals surface area (Å²) in [5.41, 5.74) is 2.08. The predicted octanol–water partition coefficient (Wildman–Crippen LogP) is 4.69. The minimum atomic E-state index is 0.291. The van der Waals surface area contributed by atoms with Crippen LogP contribution in [0.1, 0.15) is 74.2 Å². The van der Waals surface area contributed by atoms with Gasteiger partial charge in [-0.3, -0.25) is 9.69 Å². The Hall–Kier alpha value is -1.19. The van der Waals surface area contributed by atoms with Gasteiger partial charge in [0.05, 0.1) is 0 Å². The van der Waals surface area contributed by atoms with E-state index in [0.29, 0.717) is 12.2 Å². The van der Waals surface area contributed by atoms with E-state index < -0.39 is 0 Å². The van der Waals surface area contributed by atoms with E-state index in [2.05, 4.69) is 23.6 Å². The van der Waals surface area contributed by atoms with Crippen molar-refractivity contribution in [2.75, 3.05) is 26.2 Å². The molecule has 2 aliphatic heterocycles. The Morgan fingerprint density at radius 1 is 1.04 bits per heavy atom. The molecule has 0 aromatic heterocycles. The van der Waals surface area contributed by atoms with E-state index in [1.807, 2.05) is 24.3 Å². The lowest BCUT2D eigenvalue weighted by Crippen LogP contribution is -2.50. The zero-order valence-corrected chi connectivity index (χ0v) is 16.8. The third kappa shape index (κ3) is 5.17. The number of hydrogen-bond acceptors (Lipinski definition) is 3. The van der Waals surface area contributed by atoms with Crippen molar-refractivity contribution in [3.8, 4) is 0 Å². The van der Waals surface area contributed by atoms with Crippen LogP contribution in [0.25, 0.3) is 0 Å². The molecule has 144 valence electrons. The van der Waals surface area contributed by atoms with Gasteiger partial charge in [-0.1, -0.05) is 43.2 Å². The van der Waals surface area contributed by atoms with Crippen LogP contribution in [0.5, 0.6) is 0 Å². The Labute approximate surface area is 159 Å². The zero-order valence-electron chi connectivity index (χ0n) is 16.8. The smallest absolute Gasteiger partial charge is 0.162 e. The number of likely N-dealkylation sites (tertiary alicyclic amines) is 2. The molecule has 0 spiro atoms. The zero-order chi connectivity index (χ0) is 18.4. The van der Waals surface area contributed by atoms with Crippen molar-refractivity contribution in [1.82, 2.24) is 9.80 Å². The van der Waals surface area contributed by atoms with Crippen LogP contribution in [0, 0.1) is 6.92 Å². The summed E-state index contributed by atoms with van der Waals surface area (Å²) < 4.78 is 0. The molecule has 2 fully saturated rings. The second-order valence-corrected chi connectivity index (χ2v) is 8.26. The Balaban J connectivity index is 1.37. The van der Waals surface area contributed by atoms with Gasteiger partial charge in [0, 0.05) is 24.1 Å². The first-order chi connectivity index (χ1) is 12.7. The Morgan fingerprint density at radius 3 is 2.46 bits per heavy atom. The van der Waals surface area contributed by atoms with Gasteiger partial charge in [-0.15, -0.1) is 0 Å². The SMILES string of the molecule is CCC1CCCCN1C1CCN(CCCC(=O)c2ccc(C)cc2)CC1. The van der Waals surface area contributed by atoms with Crippen LogP contribution in [0.15, 0.2) is 24.3 Å². The first-order valence-corrected chi connectivity index (χ1v) is 10.8. The Kier molecular flexibility index (Phi) is 7.27. The molecule has 2 saturated heterocycles. The molecule has 1 aromatic rings. The lowest BCUT2D eigenvalue weighted by atomic mass is 9.93. The van der Waals surface area contributed by atoms with Crippen molar-refractivity contribution in [2.24, 2.45) is 0 Å². The summed E-state index contributed by atoms with van der Waals surface area (Å²) in [5, 5.41) is 0. The molecule has 2 heterocycles. The molecule has 0 aliphatic carbocycles. The number of carbonyl (C=O) groups is 1. The second kappa shape index (κ2) is 9.66. The fraction of sp³-hybridized carbons (Fsp3) is 0.696. The minimum absolute atomic E-state index is 0.291. The van der Waals surface area contributed by atoms with Gasteiger partial charge in [0.1, 0.15) is 0 Å². The number of hydrogen-bond donors (Lipinski definition) is 0. The highest BCUT2D eigenvalue weighted by Crippen LogP contribution is 2.27. The van der Waals surface area contributed by atoms with Crippen LogP contribution in [-0.2, 0) is 0 Å². The number of piperidine rings is 2. The van der Waals surface area contributed by atoms with Gasteiger partial charge < -0.3 is 4.90 Å².